The highest BCUT2D eigenvalue weighted by molar-refractivity contribution is 9.10. The third-order valence-corrected chi connectivity index (χ3v) is 3.80. The number of rotatable bonds is 2. The quantitative estimate of drug-likeness (QED) is 0.922. The first-order valence-corrected chi connectivity index (χ1v) is 6.92. The number of halogens is 1. The molecule has 1 aromatic heterocycles. The Bertz CT molecular complexity index is 564. The molecule has 3 rings (SSSR count). The molecule has 0 bridgehead atoms. The molecule has 2 aromatic rings. The minimum atomic E-state index is 0.231. The Labute approximate surface area is 114 Å². The summed E-state index contributed by atoms with van der Waals surface area (Å²) >= 11 is 3.49. The Hall–Kier alpha value is -1.20. The molecule has 4 nitrogen and oxygen atoms in total. The number of hydrogen-bond acceptors (Lipinski definition) is 3. The number of benzene rings is 1. The zero-order chi connectivity index (χ0) is 12.5. The lowest BCUT2D eigenvalue weighted by Crippen LogP contribution is -2.32. The van der Waals surface area contributed by atoms with Crippen LogP contribution in [0.3, 0.4) is 0 Å². The normalized spacial score (nSPS) is 18.7. The van der Waals surface area contributed by atoms with Crippen molar-refractivity contribution in [2.45, 2.75) is 31.8 Å². The molecule has 18 heavy (non-hydrogen) atoms. The van der Waals surface area contributed by atoms with Gasteiger partial charge in [-0.1, -0.05) is 28.1 Å². The molecule has 1 unspecified atom stereocenters. The topological polar surface area (TPSA) is 56.7 Å². The second-order valence-corrected chi connectivity index (χ2v) is 5.66. The molecule has 0 saturated heterocycles. The summed E-state index contributed by atoms with van der Waals surface area (Å²) in [6.07, 6.45) is 2.75. The van der Waals surface area contributed by atoms with Crippen LogP contribution in [0.15, 0.2) is 28.7 Å². The molecule has 0 spiro atoms. The molecular weight excluding hydrogens is 292 g/mol. The van der Waals surface area contributed by atoms with Gasteiger partial charge < -0.3 is 10.3 Å². The van der Waals surface area contributed by atoms with E-state index in [0.717, 1.165) is 41.9 Å². The zero-order valence-corrected chi connectivity index (χ0v) is 11.6. The lowest BCUT2D eigenvalue weighted by atomic mass is 10.1. The summed E-state index contributed by atoms with van der Waals surface area (Å²) in [4.78, 5) is 0. The Kier molecular flexibility index (Phi) is 3.18. The van der Waals surface area contributed by atoms with E-state index in [4.69, 9.17) is 5.73 Å². The second-order valence-electron chi connectivity index (χ2n) is 4.75. The minimum Gasteiger partial charge on any atom is -0.326 e. The largest absolute Gasteiger partial charge is 0.326 e. The number of hydrogen-bond donors (Lipinski definition) is 1. The first-order chi connectivity index (χ1) is 8.72. The van der Waals surface area contributed by atoms with Crippen LogP contribution in [0.4, 0.5) is 0 Å². The van der Waals surface area contributed by atoms with Crippen LogP contribution in [0.5, 0.6) is 0 Å². The average Bonchev–Trinajstić information content (AvgIpc) is 2.72. The molecule has 0 amide bonds. The highest BCUT2D eigenvalue weighted by Gasteiger charge is 2.20. The zero-order valence-electron chi connectivity index (χ0n) is 10.0. The van der Waals surface area contributed by atoms with Gasteiger partial charge in [0.1, 0.15) is 11.6 Å². The van der Waals surface area contributed by atoms with Gasteiger partial charge in [0.2, 0.25) is 0 Å². The highest BCUT2D eigenvalue weighted by Crippen LogP contribution is 2.18. The van der Waals surface area contributed by atoms with Gasteiger partial charge in [0, 0.05) is 29.9 Å². The Morgan fingerprint density at radius 1 is 1.39 bits per heavy atom. The van der Waals surface area contributed by atoms with Crippen LogP contribution in [0.2, 0.25) is 0 Å². The maximum absolute atomic E-state index is 6.01. The first-order valence-electron chi connectivity index (χ1n) is 6.13. The summed E-state index contributed by atoms with van der Waals surface area (Å²) in [7, 11) is 0. The third kappa shape index (κ3) is 2.33. The van der Waals surface area contributed by atoms with Crippen molar-refractivity contribution in [1.29, 1.82) is 0 Å². The molecule has 2 N–H and O–H groups in total. The van der Waals surface area contributed by atoms with Gasteiger partial charge in [0.05, 0.1) is 0 Å². The Morgan fingerprint density at radius 2 is 2.28 bits per heavy atom. The summed E-state index contributed by atoms with van der Waals surface area (Å²) in [6, 6.07) is 8.52. The van der Waals surface area contributed by atoms with Gasteiger partial charge in [0.25, 0.3) is 0 Å². The standard InChI is InChI=1S/C13H15BrN4/c14-10-3-1-2-9(6-10)7-13-17-16-12-5-4-11(15)8-18(12)13/h1-3,6,11H,4-5,7-8,15H2. The number of aromatic nitrogens is 3. The molecule has 5 heteroatoms. The van der Waals surface area contributed by atoms with Gasteiger partial charge in [0.15, 0.2) is 0 Å². The van der Waals surface area contributed by atoms with Crippen molar-refractivity contribution in [3.8, 4) is 0 Å². The third-order valence-electron chi connectivity index (χ3n) is 3.31. The molecule has 1 aromatic carbocycles. The summed E-state index contributed by atoms with van der Waals surface area (Å²) in [5.41, 5.74) is 7.25. The van der Waals surface area contributed by atoms with Crippen molar-refractivity contribution in [3.63, 3.8) is 0 Å². The van der Waals surface area contributed by atoms with E-state index in [2.05, 4.69) is 42.8 Å². The fourth-order valence-electron chi connectivity index (χ4n) is 2.37. The minimum absolute atomic E-state index is 0.231. The van der Waals surface area contributed by atoms with Crippen LogP contribution in [0, 0.1) is 0 Å². The molecular formula is C13H15BrN4. The van der Waals surface area contributed by atoms with Crippen LogP contribution < -0.4 is 5.73 Å². The SMILES string of the molecule is NC1CCc2nnc(Cc3cccc(Br)c3)n2C1. The maximum Gasteiger partial charge on any atom is 0.137 e. The van der Waals surface area contributed by atoms with E-state index in [0.29, 0.717) is 0 Å². The van der Waals surface area contributed by atoms with E-state index in [9.17, 15) is 0 Å². The van der Waals surface area contributed by atoms with E-state index in [1.54, 1.807) is 0 Å². The van der Waals surface area contributed by atoms with Crippen LogP contribution in [-0.4, -0.2) is 20.8 Å². The van der Waals surface area contributed by atoms with Gasteiger partial charge in [-0.05, 0) is 24.1 Å². The van der Waals surface area contributed by atoms with Crippen molar-refractivity contribution in [1.82, 2.24) is 14.8 Å². The molecule has 0 saturated carbocycles. The highest BCUT2D eigenvalue weighted by atomic mass is 79.9. The Morgan fingerprint density at radius 3 is 3.11 bits per heavy atom. The predicted octanol–water partition coefficient (Wildman–Crippen LogP) is 1.90. The van der Waals surface area contributed by atoms with Crippen LogP contribution in [0.1, 0.15) is 23.6 Å². The van der Waals surface area contributed by atoms with Crippen molar-refractivity contribution >= 4 is 15.9 Å². The summed E-state index contributed by atoms with van der Waals surface area (Å²) in [5, 5.41) is 8.55. The van der Waals surface area contributed by atoms with E-state index < -0.39 is 0 Å². The number of fused-ring (bicyclic) bond motifs is 1. The monoisotopic (exact) mass is 306 g/mol. The van der Waals surface area contributed by atoms with E-state index in [-0.39, 0.29) is 6.04 Å². The van der Waals surface area contributed by atoms with Crippen LogP contribution in [-0.2, 0) is 19.4 Å². The van der Waals surface area contributed by atoms with E-state index in [1.807, 2.05) is 12.1 Å². The average molecular weight is 307 g/mol. The van der Waals surface area contributed by atoms with Crippen molar-refractivity contribution in [2.24, 2.45) is 5.73 Å². The van der Waals surface area contributed by atoms with Crippen LogP contribution >= 0.6 is 15.9 Å². The smallest absolute Gasteiger partial charge is 0.137 e. The first kappa shape index (κ1) is 11.9. The maximum atomic E-state index is 6.01. The summed E-state index contributed by atoms with van der Waals surface area (Å²) < 4.78 is 3.27. The van der Waals surface area contributed by atoms with Gasteiger partial charge >= 0.3 is 0 Å². The van der Waals surface area contributed by atoms with Crippen LogP contribution in [0.25, 0.3) is 0 Å². The molecule has 0 aliphatic carbocycles. The van der Waals surface area contributed by atoms with Crippen molar-refractivity contribution in [3.05, 3.63) is 46.0 Å². The van der Waals surface area contributed by atoms with Crippen molar-refractivity contribution in [2.75, 3.05) is 0 Å². The number of nitrogens with two attached hydrogens (primary N) is 1. The van der Waals surface area contributed by atoms with Gasteiger partial charge in [-0.15, -0.1) is 10.2 Å². The van der Waals surface area contributed by atoms with Crippen molar-refractivity contribution < 1.29 is 0 Å². The number of aryl methyl sites for hydroxylation is 1. The van der Waals surface area contributed by atoms with E-state index >= 15 is 0 Å². The van der Waals surface area contributed by atoms with Gasteiger partial charge in [-0.2, -0.15) is 0 Å². The molecule has 1 aliphatic rings. The molecule has 0 radical (unpaired) electrons. The lowest BCUT2D eigenvalue weighted by Gasteiger charge is -2.20. The molecule has 2 heterocycles. The summed E-state index contributed by atoms with van der Waals surface area (Å²) in [6.45, 7) is 0.839. The Balaban J connectivity index is 1.87. The molecule has 94 valence electrons. The fourth-order valence-corrected chi connectivity index (χ4v) is 2.82. The molecule has 0 fully saturated rings. The lowest BCUT2D eigenvalue weighted by molar-refractivity contribution is 0.445. The predicted molar refractivity (Wildman–Crippen MR) is 73.3 cm³/mol. The number of nitrogens with zero attached hydrogens (tertiary/aromatic N) is 3. The van der Waals surface area contributed by atoms with Gasteiger partial charge in [-0.25, -0.2) is 0 Å². The molecule has 1 aliphatic heterocycles. The van der Waals surface area contributed by atoms with Gasteiger partial charge in [-0.3, -0.25) is 0 Å². The molecule has 1 atom stereocenters. The fraction of sp³-hybridized carbons (Fsp3) is 0.385. The summed E-state index contributed by atoms with van der Waals surface area (Å²) in [5.74, 6) is 2.08. The second kappa shape index (κ2) is 4.82. The van der Waals surface area contributed by atoms with E-state index in [1.165, 1.54) is 5.56 Å².